The van der Waals surface area contributed by atoms with E-state index in [1.807, 2.05) is 20.4 Å². The maximum atomic E-state index is 10.2. The lowest BCUT2D eigenvalue weighted by atomic mass is 10.5. The van der Waals surface area contributed by atoms with Crippen LogP contribution in [-0.2, 0) is 8.85 Å². The molecule has 0 radical (unpaired) electrons. The van der Waals surface area contributed by atoms with E-state index in [-0.39, 0.29) is 0 Å². The van der Waals surface area contributed by atoms with E-state index < -0.39 is 14.7 Å². The molecule has 0 aromatic heterocycles. The first-order valence-electron chi connectivity index (χ1n) is 5.28. The molecule has 0 aliphatic rings. The van der Waals surface area contributed by atoms with Crippen LogP contribution in [0.3, 0.4) is 0 Å². The Morgan fingerprint density at radius 1 is 1.33 bits per heavy atom. The fraction of sp³-hybridized carbons (Fsp3) is 0.889. The van der Waals surface area contributed by atoms with Crippen LogP contribution >= 0.6 is 0 Å². The Kier molecular flexibility index (Phi) is 7.36. The smallest absolute Gasteiger partial charge is 0.404 e. The zero-order valence-electron chi connectivity index (χ0n) is 9.71. The Morgan fingerprint density at radius 2 is 1.87 bits per heavy atom. The molecule has 0 atom stereocenters. The van der Waals surface area contributed by atoms with Crippen molar-refractivity contribution >= 4 is 14.7 Å². The second kappa shape index (κ2) is 7.67. The van der Waals surface area contributed by atoms with Crippen LogP contribution < -0.4 is 5.32 Å². The third-order valence-electron chi connectivity index (χ3n) is 1.98. The quantitative estimate of drug-likeness (QED) is 0.497. The summed E-state index contributed by atoms with van der Waals surface area (Å²) in [5, 5.41) is 10.7. The van der Waals surface area contributed by atoms with Gasteiger partial charge in [0.05, 0.1) is 0 Å². The van der Waals surface area contributed by atoms with Gasteiger partial charge in [0.2, 0.25) is 0 Å². The topological polar surface area (TPSA) is 67.8 Å². The number of amides is 1. The second-order valence-corrected chi connectivity index (χ2v) is 6.68. The van der Waals surface area contributed by atoms with Gasteiger partial charge < -0.3 is 19.3 Å². The van der Waals surface area contributed by atoms with Crippen molar-refractivity contribution in [3.63, 3.8) is 0 Å². The largest absolute Gasteiger partial charge is 0.465 e. The normalized spacial score (nSPS) is 11.4. The highest BCUT2D eigenvalue weighted by Crippen LogP contribution is 2.15. The molecule has 5 nitrogen and oxygen atoms in total. The molecule has 0 aliphatic heterocycles. The molecule has 0 bridgehead atoms. The summed E-state index contributed by atoms with van der Waals surface area (Å²) in [4.78, 5) is 10.2. The van der Waals surface area contributed by atoms with Crippen molar-refractivity contribution in [3.05, 3.63) is 0 Å². The van der Waals surface area contributed by atoms with Gasteiger partial charge in [0.25, 0.3) is 0 Å². The highest BCUT2D eigenvalue weighted by molar-refractivity contribution is 6.66. The summed E-state index contributed by atoms with van der Waals surface area (Å²) in [6.45, 7) is 7.66. The summed E-state index contributed by atoms with van der Waals surface area (Å²) in [5.74, 6) is 0. The molecule has 0 spiro atoms. The third kappa shape index (κ3) is 7.35. The highest BCUT2D eigenvalue weighted by Gasteiger charge is 2.29. The SMILES string of the molecule is CCO[Si](C)(CCCNC(=O)O)OCC. The van der Waals surface area contributed by atoms with Crippen molar-refractivity contribution in [1.29, 1.82) is 0 Å². The number of carbonyl (C=O) groups is 1. The predicted molar refractivity (Wildman–Crippen MR) is 60.3 cm³/mol. The molecule has 1 amide bonds. The molecule has 0 saturated heterocycles. The summed E-state index contributed by atoms with van der Waals surface area (Å²) in [6.07, 6.45) is -0.221. The van der Waals surface area contributed by atoms with Gasteiger partial charge in [-0.05, 0) is 32.9 Å². The van der Waals surface area contributed by atoms with Gasteiger partial charge in [-0.25, -0.2) is 4.79 Å². The van der Waals surface area contributed by atoms with Crippen LogP contribution in [0.15, 0.2) is 0 Å². The van der Waals surface area contributed by atoms with Crippen LogP contribution in [0.1, 0.15) is 20.3 Å². The monoisotopic (exact) mass is 235 g/mol. The fourth-order valence-electron chi connectivity index (χ4n) is 1.40. The van der Waals surface area contributed by atoms with Gasteiger partial charge in [-0.3, -0.25) is 0 Å². The maximum Gasteiger partial charge on any atom is 0.404 e. The molecule has 0 aliphatic carbocycles. The minimum absolute atomic E-state index is 0.456. The minimum Gasteiger partial charge on any atom is -0.465 e. The zero-order valence-corrected chi connectivity index (χ0v) is 10.7. The van der Waals surface area contributed by atoms with Crippen molar-refractivity contribution in [2.75, 3.05) is 19.8 Å². The molecule has 0 fully saturated rings. The summed E-state index contributed by atoms with van der Waals surface area (Å²) in [7, 11) is -2.05. The molecular formula is C9H21NO4Si. The van der Waals surface area contributed by atoms with Crippen LogP contribution in [0.25, 0.3) is 0 Å². The predicted octanol–water partition coefficient (Wildman–Crippen LogP) is 1.79. The third-order valence-corrected chi connectivity index (χ3v) is 5.04. The van der Waals surface area contributed by atoms with Crippen LogP contribution in [0.4, 0.5) is 4.79 Å². The van der Waals surface area contributed by atoms with Crippen molar-refractivity contribution in [2.45, 2.75) is 32.9 Å². The minimum atomic E-state index is -2.05. The van der Waals surface area contributed by atoms with E-state index in [2.05, 4.69) is 5.32 Å². The fourth-order valence-corrected chi connectivity index (χ4v) is 3.81. The molecule has 0 unspecified atom stereocenters. The zero-order chi connectivity index (χ0) is 11.7. The van der Waals surface area contributed by atoms with E-state index in [4.69, 9.17) is 14.0 Å². The van der Waals surface area contributed by atoms with Gasteiger partial charge in [0, 0.05) is 19.8 Å². The Morgan fingerprint density at radius 3 is 2.27 bits per heavy atom. The first kappa shape index (κ1) is 14.4. The molecule has 0 heterocycles. The Balaban J connectivity index is 3.79. The van der Waals surface area contributed by atoms with Crippen molar-refractivity contribution in [1.82, 2.24) is 5.32 Å². The van der Waals surface area contributed by atoms with Gasteiger partial charge in [-0.2, -0.15) is 0 Å². The lowest BCUT2D eigenvalue weighted by Crippen LogP contribution is -2.39. The van der Waals surface area contributed by atoms with Gasteiger partial charge >= 0.3 is 14.7 Å². The molecule has 6 heteroatoms. The van der Waals surface area contributed by atoms with Crippen LogP contribution in [0.2, 0.25) is 12.6 Å². The van der Waals surface area contributed by atoms with E-state index in [0.717, 1.165) is 12.5 Å². The number of rotatable bonds is 8. The number of carboxylic acid groups (broad SMARTS) is 1. The molecule has 0 saturated carbocycles. The Bertz CT molecular complexity index is 183. The lowest BCUT2D eigenvalue weighted by Gasteiger charge is -2.25. The molecule has 2 N–H and O–H groups in total. The lowest BCUT2D eigenvalue weighted by molar-refractivity contribution is 0.185. The van der Waals surface area contributed by atoms with Crippen LogP contribution in [-0.4, -0.2) is 39.5 Å². The standard InChI is InChI=1S/C9H21NO4Si/c1-4-13-15(3,14-5-2)8-6-7-10-9(11)12/h10H,4-8H2,1-3H3,(H,11,12). The average molecular weight is 235 g/mol. The van der Waals surface area contributed by atoms with Crippen LogP contribution in [0, 0.1) is 0 Å². The van der Waals surface area contributed by atoms with E-state index in [0.29, 0.717) is 19.8 Å². The molecule has 15 heavy (non-hydrogen) atoms. The highest BCUT2D eigenvalue weighted by atomic mass is 28.4. The summed E-state index contributed by atoms with van der Waals surface area (Å²) in [6, 6.07) is 0.814. The van der Waals surface area contributed by atoms with Crippen molar-refractivity contribution in [3.8, 4) is 0 Å². The molecule has 90 valence electrons. The van der Waals surface area contributed by atoms with Gasteiger partial charge in [0.1, 0.15) is 0 Å². The number of nitrogens with one attached hydrogen (secondary N) is 1. The van der Waals surface area contributed by atoms with E-state index >= 15 is 0 Å². The van der Waals surface area contributed by atoms with Gasteiger partial charge in [0.15, 0.2) is 0 Å². The van der Waals surface area contributed by atoms with E-state index in [1.54, 1.807) is 0 Å². The summed E-state index contributed by atoms with van der Waals surface area (Å²) in [5.41, 5.74) is 0. The van der Waals surface area contributed by atoms with Crippen molar-refractivity contribution < 1.29 is 18.8 Å². The van der Waals surface area contributed by atoms with Gasteiger partial charge in [-0.15, -0.1) is 0 Å². The van der Waals surface area contributed by atoms with E-state index in [1.165, 1.54) is 0 Å². The molecule has 0 aromatic carbocycles. The molecule has 0 aromatic rings. The summed E-state index contributed by atoms with van der Waals surface area (Å²) >= 11 is 0. The van der Waals surface area contributed by atoms with Crippen molar-refractivity contribution in [2.24, 2.45) is 0 Å². The number of hydrogen-bond acceptors (Lipinski definition) is 3. The Hall–Kier alpha value is -0.593. The molecular weight excluding hydrogens is 214 g/mol. The van der Waals surface area contributed by atoms with Crippen LogP contribution in [0.5, 0.6) is 0 Å². The first-order valence-corrected chi connectivity index (χ1v) is 7.81. The average Bonchev–Trinajstić information content (AvgIpc) is 2.13. The molecule has 0 rings (SSSR count). The summed E-state index contributed by atoms with van der Waals surface area (Å²) < 4.78 is 11.2. The number of hydrogen-bond donors (Lipinski definition) is 2. The Labute approximate surface area is 92.0 Å². The first-order chi connectivity index (χ1) is 7.04. The van der Waals surface area contributed by atoms with Gasteiger partial charge in [-0.1, -0.05) is 0 Å². The maximum absolute atomic E-state index is 10.2. The van der Waals surface area contributed by atoms with E-state index in [9.17, 15) is 4.79 Å². The second-order valence-electron chi connectivity index (χ2n) is 3.34.